The summed E-state index contributed by atoms with van der Waals surface area (Å²) in [4.78, 5) is 0. The van der Waals surface area contributed by atoms with Crippen LogP contribution >= 0.6 is 0 Å². The van der Waals surface area contributed by atoms with E-state index in [1.807, 2.05) is 0 Å². The van der Waals surface area contributed by atoms with Crippen molar-refractivity contribution in [1.82, 2.24) is 0 Å². The van der Waals surface area contributed by atoms with Gasteiger partial charge < -0.3 is 0 Å². The second kappa shape index (κ2) is 9.78. The lowest BCUT2D eigenvalue weighted by Crippen LogP contribution is -2.14. The second-order valence-corrected chi connectivity index (χ2v) is 12.9. The first-order valence-corrected chi connectivity index (χ1v) is 15.9. The molecule has 0 atom stereocenters. The Morgan fingerprint density at radius 2 is 0.911 bits per heavy atom. The maximum atomic E-state index is 2.45. The summed E-state index contributed by atoms with van der Waals surface area (Å²) in [6.45, 7) is 4.71. The van der Waals surface area contributed by atoms with Gasteiger partial charge in [-0.1, -0.05) is 153 Å². The van der Waals surface area contributed by atoms with Gasteiger partial charge in [0, 0.05) is 5.41 Å². The maximum absolute atomic E-state index is 2.45. The van der Waals surface area contributed by atoms with Gasteiger partial charge >= 0.3 is 0 Å². The molecule has 0 spiro atoms. The van der Waals surface area contributed by atoms with Crippen LogP contribution < -0.4 is 0 Å². The molecule has 0 heterocycles. The molecule has 0 N–H and O–H groups in total. The fourth-order valence-electron chi connectivity index (χ4n) is 7.83. The van der Waals surface area contributed by atoms with Crippen LogP contribution in [0.4, 0.5) is 0 Å². The molecule has 0 saturated heterocycles. The Labute approximate surface area is 264 Å². The minimum atomic E-state index is -0.0188. The lowest BCUT2D eigenvalue weighted by atomic mass is 9.81. The van der Waals surface area contributed by atoms with Crippen LogP contribution in [0.5, 0.6) is 0 Å². The van der Waals surface area contributed by atoms with E-state index in [9.17, 15) is 0 Å². The summed E-state index contributed by atoms with van der Waals surface area (Å²) in [6, 6.07) is 58.5. The summed E-state index contributed by atoms with van der Waals surface area (Å²) in [7, 11) is 0. The van der Waals surface area contributed by atoms with Crippen molar-refractivity contribution in [1.29, 1.82) is 0 Å². The van der Waals surface area contributed by atoms with Crippen molar-refractivity contribution in [3.05, 3.63) is 169 Å². The summed E-state index contributed by atoms with van der Waals surface area (Å²) < 4.78 is 0. The molecule has 0 radical (unpaired) electrons. The van der Waals surface area contributed by atoms with Gasteiger partial charge in [-0.2, -0.15) is 0 Å². The molecule has 0 saturated carbocycles. The van der Waals surface area contributed by atoms with E-state index in [4.69, 9.17) is 0 Å². The highest BCUT2D eigenvalue weighted by molar-refractivity contribution is 6.22. The Morgan fingerprint density at radius 1 is 0.333 bits per heavy atom. The van der Waals surface area contributed by atoms with E-state index < -0.39 is 0 Å². The van der Waals surface area contributed by atoms with Crippen LogP contribution in [0.3, 0.4) is 0 Å². The number of benzene rings is 8. The third-order valence-corrected chi connectivity index (χ3v) is 10.0. The van der Waals surface area contributed by atoms with Crippen LogP contribution in [-0.4, -0.2) is 0 Å². The lowest BCUT2D eigenvalue weighted by molar-refractivity contribution is 0.660. The molecule has 8 aromatic rings. The highest BCUT2D eigenvalue weighted by Gasteiger charge is 2.35. The van der Waals surface area contributed by atoms with Crippen molar-refractivity contribution in [2.45, 2.75) is 19.3 Å². The van der Waals surface area contributed by atoms with Crippen molar-refractivity contribution in [2.24, 2.45) is 0 Å². The minimum Gasteiger partial charge on any atom is -0.0622 e. The molecular formula is C45H32. The molecule has 9 rings (SSSR count). The highest BCUT2D eigenvalue weighted by Crippen LogP contribution is 2.51. The number of fused-ring (bicyclic) bond motifs is 6. The third-order valence-electron chi connectivity index (χ3n) is 10.0. The van der Waals surface area contributed by atoms with Gasteiger partial charge in [-0.3, -0.25) is 0 Å². The van der Waals surface area contributed by atoms with Crippen LogP contribution in [0, 0.1) is 0 Å². The van der Waals surface area contributed by atoms with Crippen molar-refractivity contribution >= 4 is 32.3 Å². The zero-order chi connectivity index (χ0) is 30.1. The average Bonchev–Trinajstić information content (AvgIpc) is 3.32. The van der Waals surface area contributed by atoms with Gasteiger partial charge in [0.2, 0.25) is 0 Å². The van der Waals surface area contributed by atoms with Gasteiger partial charge in [0.15, 0.2) is 0 Å². The molecule has 0 fully saturated rings. The molecule has 0 unspecified atom stereocenters. The Balaban J connectivity index is 1.38. The van der Waals surface area contributed by atoms with Gasteiger partial charge in [0.1, 0.15) is 0 Å². The minimum absolute atomic E-state index is 0.0188. The number of hydrogen-bond acceptors (Lipinski definition) is 0. The largest absolute Gasteiger partial charge is 0.0622 e. The zero-order valence-corrected chi connectivity index (χ0v) is 25.5. The van der Waals surface area contributed by atoms with Crippen LogP contribution in [-0.2, 0) is 5.41 Å². The van der Waals surface area contributed by atoms with Gasteiger partial charge in [0.25, 0.3) is 0 Å². The summed E-state index contributed by atoms with van der Waals surface area (Å²) >= 11 is 0. The van der Waals surface area contributed by atoms with Crippen LogP contribution in [0.15, 0.2) is 158 Å². The molecule has 212 valence electrons. The van der Waals surface area contributed by atoms with E-state index in [0.29, 0.717) is 0 Å². The SMILES string of the molecule is CC1(C)c2ccccc2-c2cc(-c3c4ccccc4c(-c4ccccc4)c4ccc(-c5ccc6ccccc6c5)cc34)ccc21. The first kappa shape index (κ1) is 26.0. The molecule has 0 bridgehead atoms. The van der Waals surface area contributed by atoms with E-state index in [-0.39, 0.29) is 5.41 Å². The predicted octanol–water partition coefficient (Wildman–Crippen LogP) is 12.5. The van der Waals surface area contributed by atoms with Crippen molar-refractivity contribution in [2.75, 3.05) is 0 Å². The summed E-state index contributed by atoms with van der Waals surface area (Å²) in [5.41, 5.74) is 13.1. The normalized spacial score (nSPS) is 13.3. The molecule has 1 aliphatic carbocycles. The summed E-state index contributed by atoms with van der Waals surface area (Å²) in [6.07, 6.45) is 0. The smallest absolute Gasteiger partial charge is 0.0158 e. The molecule has 0 nitrogen and oxygen atoms in total. The molecule has 45 heavy (non-hydrogen) atoms. The first-order valence-electron chi connectivity index (χ1n) is 15.9. The second-order valence-electron chi connectivity index (χ2n) is 12.9. The topological polar surface area (TPSA) is 0 Å². The number of rotatable bonds is 3. The van der Waals surface area contributed by atoms with Crippen LogP contribution in [0.25, 0.3) is 76.8 Å². The monoisotopic (exact) mass is 572 g/mol. The zero-order valence-electron chi connectivity index (χ0n) is 25.5. The fraction of sp³-hybridized carbons (Fsp3) is 0.0667. The quantitative estimate of drug-likeness (QED) is 0.185. The van der Waals surface area contributed by atoms with Gasteiger partial charge in [0.05, 0.1) is 0 Å². The maximum Gasteiger partial charge on any atom is 0.0158 e. The van der Waals surface area contributed by atoms with Crippen molar-refractivity contribution < 1.29 is 0 Å². The molecule has 0 aromatic heterocycles. The lowest BCUT2D eigenvalue weighted by Gasteiger charge is -2.22. The summed E-state index contributed by atoms with van der Waals surface area (Å²) in [5.74, 6) is 0. The Hall–Kier alpha value is -5.46. The van der Waals surface area contributed by atoms with E-state index in [2.05, 4.69) is 172 Å². The van der Waals surface area contributed by atoms with E-state index >= 15 is 0 Å². The predicted molar refractivity (Wildman–Crippen MR) is 193 cm³/mol. The Morgan fingerprint density at radius 3 is 1.73 bits per heavy atom. The van der Waals surface area contributed by atoms with E-state index in [1.165, 1.54) is 88.0 Å². The van der Waals surface area contributed by atoms with Crippen LogP contribution in [0.2, 0.25) is 0 Å². The fourth-order valence-corrected chi connectivity index (χ4v) is 7.83. The van der Waals surface area contributed by atoms with Gasteiger partial charge in [-0.05, 0) is 106 Å². The van der Waals surface area contributed by atoms with E-state index in [1.54, 1.807) is 0 Å². The third kappa shape index (κ3) is 3.92. The molecule has 1 aliphatic rings. The Bertz CT molecular complexity index is 2440. The molecule has 0 heteroatoms. The summed E-state index contributed by atoms with van der Waals surface area (Å²) in [5, 5.41) is 7.65. The number of hydrogen-bond donors (Lipinski definition) is 0. The van der Waals surface area contributed by atoms with Gasteiger partial charge in [-0.25, -0.2) is 0 Å². The highest BCUT2D eigenvalue weighted by atomic mass is 14.4. The molecular weight excluding hydrogens is 540 g/mol. The molecule has 0 aliphatic heterocycles. The standard InChI is InChI=1S/C45H32/c1-45(2)41-19-11-10-16-35(41)39-28-34(23-25-42(39)45)44-37-18-9-8-17-36(37)43(30-13-4-3-5-14-30)38-24-22-33(27-40(38)44)32-21-20-29-12-6-7-15-31(29)26-32/h3-28H,1-2H3. The van der Waals surface area contributed by atoms with Crippen molar-refractivity contribution in [3.8, 4) is 44.5 Å². The molecule has 8 aromatic carbocycles. The van der Waals surface area contributed by atoms with Crippen LogP contribution in [0.1, 0.15) is 25.0 Å². The first-order chi connectivity index (χ1) is 22.1. The average molecular weight is 573 g/mol. The molecule has 0 amide bonds. The Kier molecular flexibility index (Phi) is 5.64. The van der Waals surface area contributed by atoms with E-state index in [0.717, 1.165) is 0 Å². The van der Waals surface area contributed by atoms with Crippen molar-refractivity contribution in [3.63, 3.8) is 0 Å². The van der Waals surface area contributed by atoms with Gasteiger partial charge in [-0.15, -0.1) is 0 Å².